The number of hydrogen-bond donors (Lipinski definition) is 0. The van der Waals surface area contributed by atoms with Crippen molar-refractivity contribution >= 4 is 5.97 Å². The summed E-state index contributed by atoms with van der Waals surface area (Å²) >= 11 is 0. The first kappa shape index (κ1) is 15.9. The van der Waals surface area contributed by atoms with Gasteiger partial charge in [-0.3, -0.25) is 0 Å². The summed E-state index contributed by atoms with van der Waals surface area (Å²) in [5.74, 6) is 1.32. The van der Waals surface area contributed by atoms with Gasteiger partial charge < -0.3 is 18.9 Å². The summed E-state index contributed by atoms with van der Waals surface area (Å²) < 4.78 is 20.8. The van der Waals surface area contributed by atoms with Gasteiger partial charge in [-0.25, -0.2) is 4.79 Å². The zero-order valence-corrected chi connectivity index (χ0v) is 12.3. The highest BCUT2D eigenvalue weighted by Gasteiger charge is 2.11. The fraction of sp³-hybridized carbons (Fsp3) is 0.400. The predicted octanol–water partition coefficient (Wildman–Crippen LogP) is 2.59. The van der Waals surface area contributed by atoms with Gasteiger partial charge in [0.15, 0.2) is 11.5 Å². The lowest BCUT2D eigenvalue weighted by molar-refractivity contribution is -0.136. The topological polar surface area (TPSA) is 54.0 Å². The van der Waals surface area contributed by atoms with Crippen molar-refractivity contribution < 1.29 is 23.7 Å². The van der Waals surface area contributed by atoms with Crippen molar-refractivity contribution in [2.24, 2.45) is 0 Å². The van der Waals surface area contributed by atoms with E-state index in [9.17, 15) is 4.79 Å². The molecule has 0 aliphatic heterocycles. The highest BCUT2D eigenvalue weighted by molar-refractivity contribution is 5.88. The van der Waals surface area contributed by atoms with E-state index in [1.165, 1.54) is 7.11 Å². The largest absolute Gasteiger partial charge is 0.493 e. The molecule has 0 radical (unpaired) electrons. The van der Waals surface area contributed by atoms with Gasteiger partial charge in [-0.2, -0.15) is 0 Å². The highest BCUT2D eigenvalue weighted by atomic mass is 16.5. The van der Waals surface area contributed by atoms with Gasteiger partial charge in [0.2, 0.25) is 5.75 Å². The normalized spacial score (nSPS) is 10.9. The summed E-state index contributed by atoms with van der Waals surface area (Å²) in [4.78, 5) is 11.4. The van der Waals surface area contributed by atoms with E-state index in [1.54, 1.807) is 32.4 Å². The van der Waals surface area contributed by atoms with Crippen molar-refractivity contribution in [2.45, 2.75) is 13.3 Å². The lowest BCUT2D eigenvalue weighted by Gasteiger charge is -2.13. The Morgan fingerprint density at radius 3 is 2.20 bits per heavy atom. The molecule has 0 heterocycles. The second-order valence-corrected chi connectivity index (χ2v) is 3.88. The Morgan fingerprint density at radius 2 is 1.75 bits per heavy atom. The molecule has 0 aliphatic carbocycles. The van der Waals surface area contributed by atoms with Crippen molar-refractivity contribution in [1.29, 1.82) is 0 Å². The molecule has 0 atom stereocenters. The van der Waals surface area contributed by atoms with Crippen LogP contribution in [0.1, 0.15) is 13.3 Å². The summed E-state index contributed by atoms with van der Waals surface area (Å²) in [5.41, 5.74) is 0.571. The zero-order chi connectivity index (χ0) is 15.0. The van der Waals surface area contributed by atoms with Crippen molar-refractivity contribution in [3.63, 3.8) is 0 Å². The van der Waals surface area contributed by atoms with E-state index in [-0.39, 0.29) is 12.6 Å². The summed E-state index contributed by atoms with van der Waals surface area (Å²) in [7, 11) is 4.47. The number of ether oxygens (including phenoxy) is 4. The molecule has 110 valence electrons. The van der Waals surface area contributed by atoms with Crippen molar-refractivity contribution in [1.82, 2.24) is 0 Å². The minimum Gasteiger partial charge on any atom is -0.493 e. The maximum atomic E-state index is 11.4. The summed E-state index contributed by atoms with van der Waals surface area (Å²) in [6.07, 6.45) is 2.27. The van der Waals surface area contributed by atoms with Gasteiger partial charge >= 0.3 is 5.97 Å². The standard InChI is InChI=1S/C15H20O5/c1-5-11(15(16)19-4)9-10-20-14-12(17-2)7-6-8-13(14)18-3/h6-9H,5,10H2,1-4H3. The molecule has 0 bridgehead atoms. The average Bonchev–Trinajstić information content (AvgIpc) is 2.50. The number of methoxy groups -OCH3 is 3. The number of benzene rings is 1. The highest BCUT2D eigenvalue weighted by Crippen LogP contribution is 2.36. The molecule has 0 fully saturated rings. The van der Waals surface area contributed by atoms with Crippen molar-refractivity contribution in [2.75, 3.05) is 27.9 Å². The smallest absolute Gasteiger partial charge is 0.333 e. The quantitative estimate of drug-likeness (QED) is 0.567. The third-order valence-electron chi connectivity index (χ3n) is 2.77. The molecule has 5 heteroatoms. The van der Waals surface area contributed by atoms with Crippen LogP contribution in [0.3, 0.4) is 0 Å². The number of rotatable bonds is 7. The molecule has 0 aliphatic rings. The Bertz CT molecular complexity index is 457. The Kier molecular flexibility index (Phi) is 6.43. The number of carbonyl (C=O) groups is 1. The van der Waals surface area contributed by atoms with E-state index >= 15 is 0 Å². The van der Waals surface area contributed by atoms with Gasteiger partial charge in [0.25, 0.3) is 0 Å². The Hall–Kier alpha value is -2.17. The molecule has 20 heavy (non-hydrogen) atoms. The van der Waals surface area contributed by atoms with E-state index in [0.29, 0.717) is 29.2 Å². The minimum absolute atomic E-state index is 0.231. The molecular formula is C15H20O5. The maximum absolute atomic E-state index is 11.4. The monoisotopic (exact) mass is 280 g/mol. The molecule has 0 unspecified atom stereocenters. The van der Waals surface area contributed by atoms with Gasteiger partial charge in [-0.15, -0.1) is 0 Å². The summed E-state index contributed by atoms with van der Waals surface area (Å²) in [6, 6.07) is 5.37. The summed E-state index contributed by atoms with van der Waals surface area (Å²) in [5, 5.41) is 0. The van der Waals surface area contributed by atoms with E-state index in [4.69, 9.17) is 14.2 Å². The predicted molar refractivity (Wildman–Crippen MR) is 75.4 cm³/mol. The van der Waals surface area contributed by atoms with Crippen LogP contribution in [0.25, 0.3) is 0 Å². The van der Waals surface area contributed by atoms with Crippen molar-refractivity contribution in [3.05, 3.63) is 29.8 Å². The number of carbonyl (C=O) groups excluding carboxylic acids is 1. The number of para-hydroxylation sites is 1. The first-order valence-corrected chi connectivity index (χ1v) is 6.29. The fourth-order valence-corrected chi connectivity index (χ4v) is 1.69. The fourth-order valence-electron chi connectivity index (χ4n) is 1.69. The van der Waals surface area contributed by atoms with Crippen LogP contribution in [0.4, 0.5) is 0 Å². The van der Waals surface area contributed by atoms with Crippen LogP contribution >= 0.6 is 0 Å². The average molecular weight is 280 g/mol. The molecule has 0 spiro atoms. The van der Waals surface area contributed by atoms with Gasteiger partial charge in [0, 0.05) is 5.57 Å². The van der Waals surface area contributed by atoms with Crippen LogP contribution in [0.5, 0.6) is 17.2 Å². The van der Waals surface area contributed by atoms with E-state index < -0.39 is 0 Å². The van der Waals surface area contributed by atoms with E-state index in [0.717, 1.165) is 0 Å². The lowest BCUT2D eigenvalue weighted by Crippen LogP contribution is -2.06. The van der Waals surface area contributed by atoms with Gasteiger partial charge in [0.05, 0.1) is 21.3 Å². The molecule has 0 N–H and O–H groups in total. The van der Waals surface area contributed by atoms with Gasteiger partial charge in [-0.05, 0) is 24.6 Å². The van der Waals surface area contributed by atoms with Crippen LogP contribution in [-0.2, 0) is 9.53 Å². The van der Waals surface area contributed by atoms with E-state index in [2.05, 4.69) is 4.74 Å². The van der Waals surface area contributed by atoms with E-state index in [1.807, 2.05) is 13.0 Å². The molecule has 1 aromatic rings. The molecule has 0 aromatic heterocycles. The third kappa shape index (κ3) is 3.91. The maximum Gasteiger partial charge on any atom is 0.333 e. The molecule has 5 nitrogen and oxygen atoms in total. The number of hydrogen-bond acceptors (Lipinski definition) is 5. The summed E-state index contributed by atoms with van der Waals surface area (Å²) in [6.45, 7) is 2.11. The van der Waals surface area contributed by atoms with Crippen LogP contribution in [0.2, 0.25) is 0 Å². The molecule has 0 saturated heterocycles. The third-order valence-corrected chi connectivity index (χ3v) is 2.77. The minimum atomic E-state index is -0.344. The first-order valence-electron chi connectivity index (χ1n) is 6.29. The van der Waals surface area contributed by atoms with Crippen LogP contribution in [-0.4, -0.2) is 33.9 Å². The molecule has 1 aromatic carbocycles. The van der Waals surface area contributed by atoms with Gasteiger partial charge in [-0.1, -0.05) is 13.0 Å². The molecular weight excluding hydrogens is 260 g/mol. The first-order chi connectivity index (χ1) is 9.67. The Labute approximate surface area is 119 Å². The van der Waals surface area contributed by atoms with Crippen LogP contribution in [0.15, 0.2) is 29.8 Å². The molecule has 0 amide bonds. The lowest BCUT2D eigenvalue weighted by atomic mass is 10.2. The zero-order valence-electron chi connectivity index (χ0n) is 12.3. The van der Waals surface area contributed by atoms with Gasteiger partial charge in [0.1, 0.15) is 6.61 Å². The Morgan fingerprint density at radius 1 is 1.15 bits per heavy atom. The van der Waals surface area contributed by atoms with Crippen LogP contribution in [0, 0.1) is 0 Å². The Balaban J connectivity index is 2.84. The second-order valence-electron chi connectivity index (χ2n) is 3.88. The SMILES string of the molecule is CCC(=CCOc1c(OC)cccc1OC)C(=O)OC. The molecule has 0 saturated carbocycles. The number of esters is 1. The van der Waals surface area contributed by atoms with Crippen molar-refractivity contribution in [3.8, 4) is 17.2 Å². The molecule has 1 rings (SSSR count). The van der Waals surface area contributed by atoms with Crippen LogP contribution < -0.4 is 14.2 Å². The second kappa shape index (κ2) is 8.09.